The maximum atomic E-state index is 6.00. The minimum absolute atomic E-state index is 0.805. The summed E-state index contributed by atoms with van der Waals surface area (Å²) in [6, 6.07) is 0. The van der Waals surface area contributed by atoms with Crippen molar-refractivity contribution in [1.82, 2.24) is 9.80 Å². The zero-order chi connectivity index (χ0) is 30.2. The zero-order valence-corrected chi connectivity index (χ0v) is 31.2. The van der Waals surface area contributed by atoms with Crippen molar-refractivity contribution in [3.05, 3.63) is 0 Å². The van der Waals surface area contributed by atoms with Gasteiger partial charge in [0.05, 0.1) is 0 Å². The predicted molar refractivity (Wildman–Crippen MR) is 197 cm³/mol. The van der Waals surface area contributed by atoms with Gasteiger partial charge in [0.25, 0.3) is 0 Å². The minimum Gasteiger partial charge on any atom is -0.357 e. The molecule has 0 unspecified atom stereocenters. The molecule has 6 heteroatoms. The van der Waals surface area contributed by atoms with Gasteiger partial charge in [-0.2, -0.15) is 0 Å². The van der Waals surface area contributed by atoms with Crippen LogP contribution < -0.4 is 0 Å². The molecule has 238 valence electrons. The molecule has 0 aliphatic carbocycles. The van der Waals surface area contributed by atoms with E-state index >= 15 is 0 Å². The van der Waals surface area contributed by atoms with Gasteiger partial charge in [-0.25, -0.2) is 0 Å². The molecule has 0 N–H and O–H groups in total. The smallest absolute Gasteiger partial charge is 0.147 e. The highest BCUT2D eigenvalue weighted by atomic mass is 33.1. The Hall–Kier alpha value is 0.480. The number of nitrogens with zero attached hydrogens (tertiary/aromatic N) is 2. The van der Waals surface area contributed by atoms with Gasteiger partial charge in [0.1, 0.15) is 8.64 Å². The third-order valence-electron chi connectivity index (χ3n) is 7.54. The molecule has 2 nitrogen and oxygen atoms in total. The van der Waals surface area contributed by atoms with Gasteiger partial charge in [0.2, 0.25) is 0 Å². The van der Waals surface area contributed by atoms with Gasteiger partial charge in [-0.05, 0) is 70.9 Å². The van der Waals surface area contributed by atoms with E-state index in [-0.39, 0.29) is 0 Å². The van der Waals surface area contributed by atoms with Crippen LogP contribution in [0.3, 0.4) is 0 Å². The standard InChI is InChI=1S/C34H68N2S4/c1-29(2)21-13-9-17-25-35(26-18-10-14-22-30(3)4)33(37)39-40-34(38)36(27-19-11-15-23-31(5)6)28-20-12-16-24-32(7)8/h29-32H,9-28H2,1-8H3. The molecule has 0 rings (SSSR count). The van der Waals surface area contributed by atoms with Crippen molar-refractivity contribution >= 4 is 54.7 Å². The summed E-state index contributed by atoms with van der Waals surface area (Å²) in [7, 11) is 3.49. The number of hydrogen-bond acceptors (Lipinski definition) is 4. The Morgan fingerprint density at radius 1 is 0.400 bits per heavy atom. The highest BCUT2D eigenvalue weighted by Crippen LogP contribution is 2.30. The van der Waals surface area contributed by atoms with Crippen molar-refractivity contribution in [2.75, 3.05) is 26.2 Å². The lowest BCUT2D eigenvalue weighted by molar-refractivity contribution is 0.389. The van der Waals surface area contributed by atoms with Crippen LogP contribution in [-0.4, -0.2) is 44.6 Å². The Morgan fingerprint density at radius 2 is 0.625 bits per heavy atom. The van der Waals surface area contributed by atoms with Gasteiger partial charge in [0.15, 0.2) is 0 Å². The van der Waals surface area contributed by atoms with Crippen LogP contribution in [0.25, 0.3) is 0 Å². The Morgan fingerprint density at radius 3 is 0.825 bits per heavy atom. The summed E-state index contributed by atoms with van der Waals surface area (Å²) in [5.41, 5.74) is 0. The fraction of sp³-hybridized carbons (Fsp3) is 0.941. The first-order valence-corrected chi connectivity index (χ1v) is 19.9. The predicted octanol–water partition coefficient (Wildman–Crippen LogP) is 12.4. The molecule has 0 heterocycles. The summed E-state index contributed by atoms with van der Waals surface area (Å²) in [6.45, 7) is 23.0. The van der Waals surface area contributed by atoms with Crippen LogP contribution in [-0.2, 0) is 0 Å². The normalized spacial score (nSPS) is 11.8. The average Bonchev–Trinajstić information content (AvgIpc) is 2.87. The first kappa shape index (κ1) is 40.5. The van der Waals surface area contributed by atoms with Crippen LogP contribution >= 0.6 is 46.0 Å². The molecule has 0 aromatic carbocycles. The zero-order valence-electron chi connectivity index (χ0n) is 28.0. The van der Waals surface area contributed by atoms with Crippen molar-refractivity contribution in [3.8, 4) is 0 Å². The van der Waals surface area contributed by atoms with E-state index in [1.165, 1.54) is 103 Å². The second kappa shape index (κ2) is 27.1. The molecule has 0 fully saturated rings. The molecule has 0 bridgehead atoms. The van der Waals surface area contributed by atoms with Crippen molar-refractivity contribution in [2.24, 2.45) is 23.7 Å². The van der Waals surface area contributed by atoms with Gasteiger partial charge >= 0.3 is 0 Å². The maximum Gasteiger partial charge on any atom is 0.147 e. The quantitative estimate of drug-likeness (QED) is 0.0589. The van der Waals surface area contributed by atoms with E-state index in [4.69, 9.17) is 24.4 Å². The summed E-state index contributed by atoms with van der Waals surface area (Å²) >= 11 is 12.0. The van der Waals surface area contributed by atoms with E-state index in [0.29, 0.717) is 0 Å². The summed E-state index contributed by atoms with van der Waals surface area (Å²) in [5.74, 6) is 3.22. The van der Waals surface area contributed by atoms with Gasteiger partial charge in [0, 0.05) is 26.2 Å². The van der Waals surface area contributed by atoms with Crippen molar-refractivity contribution in [1.29, 1.82) is 0 Å². The highest BCUT2D eigenvalue weighted by molar-refractivity contribution is 8.89. The van der Waals surface area contributed by atoms with Crippen LogP contribution in [0.4, 0.5) is 0 Å². The number of unbranched alkanes of at least 4 members (excludes halogenated alkanes) is 8. The molecule has 40 heavy (non-hydrogen) atoms. The van der Waals surface area contributed by atoms with Crippen LogP contribution in [0.1, 0.15) is 158 Å². The molecule has 0 spiro atoms. The fourth-order valence-corrected chi connectivity index (χ4v) is 7.65. The molecule has 0 saturated carbocycles. The van der Waals surface area contributed by atoms with Crippen molar-refractivity contribution in [3.63, 3.8) is 0 Å². The fourth-order valence-electron chi connectivity index (χ4n) is 4.89. The first-order chi connectivity index (χ1) is 19.0. The van der Waals surface area contributed by atoms with E-state index in [0.717, 1.165) is 58.5 Å². The Balaban J connectivity index is 4.85. The van der Waals surface area contributed by atoms with E-state index < -0.39 is 0 Å². The lowest BCUT2D eigenvalue weighted by atomic mass is 10.0. The number of hydrogen-bond donors (Lipinski definition) is 0. The summed E-state index contributed by atoms with van der Waals surface area (Å²) in [4.78, 5) is 4.98. The molecule has 0 aliphatic heterocycles. The Bertz CT molecular complexity index is 519. The second-order valence-corrected chi connectivity index (χ2v) is 17.0. The summed E-state index contributed by atoms with van der Waals surface area (Å²) in [5, 5.41) is 0. The molecule has 0 aromatic rings. The molecule has 0 aromatic heterocycles. The molecule has 0 aliphatic rings. The lowest BCUT2D eigenvalue weighted by Gasteiger charge is -2.27. The van der Waals surface area contributed by atoms with E-state index in [1.807, 2.05) is 0 Å². The lowest BCUT2D eigenvalue weighted by Crippen LogP contribution is -2.31. The Kier molecular flexibility index (Phi) is 27.4. The van der Waals surface area contributed by atoms with Crippen LogP contribution in [0.5, 0.6) is 0 Å². The number of thiocarbonyl (C=S) groups is 2. The topological polar surface area (TPSA) is 6.48 Å². The summed E-state index contributed by atoms with van der Waals surface area (Å²) < 4.78 is 2.07. The van der Waals surface area contributed by atoms with E-state index in [2.05, 4.69) is 65.2 Å². The molecular weight excluding hydrogens is 565 g/mol. The summed E-state index contributed by atoms with van der Waals surface area (Å²) in [6.07, 6.45) is 20.9. The van der Waals surface area contributed by atoms with Crippen LogP contribution in [0.15, 0.2) is 0 Å². The second-order valence-electron chi connectivity index (χ2n) is 13.6. The first-order valence-electron chi connectivity index (χ1n) is 16.9. The third-order valence-corrected chi connectivity index (χ3v) is 11.3. The highest BCUT2D eigenvalue weighted by Gasteiger charge is 2.16. The molecule has 0 radical (unpaired) electrons. The van der Waals surface area contributed by atoms with Gasteiger partial charge in [-0.3, -0.25) is 0 Å². The molecule has 0 amide bonds. The van der Waals surface area contributed by atoms with E-state index in [9.17, 15) is 0 Å². The monoisotopic (exact) mass is 632 g/mol. The SMILES string of the molecule is CC(C)CCCCCN(CCCCCC(C)C)C(=S)SSC(=S)N(CCCCCC(C)C)CCCCCC(C)C. The minimum atomic E-state index is 0.805. The van der Waals surface area contributed by atoms with Crippen molar-refractivity contribution < 1.29 is 0 Å². The molecule has 0 saturated heterocycles. The molecular formula is C34H68N2S4. The van der Waals surface area contributed by atoms with Gasteiger partial charge in [-0.1, -0.05) is 157 Å². The van der Waals surface area contributed by atoms with Gasteiger partial charge < -0.3 is 9.80 Å². The van der Waals surface area contributed by atoms with E-state index in [1.54, 1.807) is 21.6 Å². The largest absolute Gasteiger partial charge is 0.357 e. The number of rotatable bonds is 24. The average molecular weight is 633 g/mol. The van der Waals surface area contributed by atoms with Crippen LogP contribution in [0.2, 0.25) is 0 Å². The van der Waals surface area contributed by atoms with Crippen molar-refractivity contribution in [2.45, 2.75) is 158 Å². The Labute approximate surface area is 271 Å². The maximum absolute atomic E-state index is 6.00. The third kappa shape index (κ3) is 26.1. The molecule has 0 atom stereocenters. The van der Waals surface area contributed by atoms with Crippen LogP contribution in [0, 0.1) is 23.7 Å². The van der Waals surface area contributed by atoms with Gasteiger partial charge in [-0.15, -0.1) is 0 Å².